The maximum atomic E-state index is 12.6. The van der Waals surface area contributed by atoms with Gasteiger partial charge in [-0.05, 0) is 19.8 Å². The number of phosphoric acid groups is 1. The Morgan fingerprint density at radius 3 is 1.04 bits per heavy atom. The number of unbranched alkanes of at least 4 members (excludes halogenated alkanes) is 32. The second kappa shape index (κ2) is 41.7. The molecular formula is C45H89O8P. The first-order chi connectivity index (χ1) is 26.3. The van der Waals surface area contributed by atoms with Crippen molar-refractivity contribution in [2.75, 3.05) is 19.8 Å². The van der Waals surface area contributed by atoms with E-state index >= 15 is 0 Å². The Balaban J connectivity index is 3.96. The molecule has 0 bridgehead atoms. The number of carbonyl (C=O) groups is 2. The molecule has 2 atom stereocenters. The van der Waals surface area contributed by atoms with E-state index in [-0.39, 0.29) is 32.2 Å². The third-order valence-electron chi connectivity index (χ3n) is 10.4. The minimum absolute atomic E-state index is 0.00581. The van der Waals surface area contributed by atoms with Crippen molar-refractivity contribution in [2.24, 2.45) is 0 Å². The summed E-state index contributed by atoms with van der Waals surface area (Å²) in [5.74, 6) is -0.778. The zero-order chi connectivity index (χ0) is 39.6. The van der Waals surface area contributed by atoms with Crippen LogP contribution in [0.15, 0.2) is 0 Å². The Hall–Kier alpha value is -0.950. The first-order valence-corrected chi connectivity index (χ1v) is 24.8. The number of rotatable bonds is 44. The summed E-state index contributed by atoms with van der Waals surface area (Å²) < 4.78 is 32.7. The van der Waals surface area contributed by atoms with E-state index in [2.05, 4.69) is 13.8 Å². The van der Waals surface area contributed by atoms with Gasteiger partial charge in [-0.25, -0.2) is 4.57 Å². The van der Waals surface area contributed by atoms with Crippen LogP contribution in [-0.4, -0.2) is 42.8 Å². The van der Waals surface area contributed by atoms with E-state index in [0.717, 1.165) is 38.5 Å². The summed E-state index contributed by atoms with van der Waals surface area (Å²) in [4.78, 5) is 34.8. The van der Waals surface area contributed by atoms with Crippen molar-refractivity contribution in [3.05, 3.63) is 0 Å². The van der Waals surface area contributed by atoms with E-state index in [1.807, 2.05) is 0 Å². The maximum Gasteiger partial charge on any atom is 0.472 e. The first kappa shape index (κ1) is 53.0. The van der Waals surface area contributed by atoms with Crippen LogP contribution in [0.25, 0.3) is 0 Å². The molecule has 0 radical (unpaired) electrons. The summed E-state index contributed by atoms with van der Waals surface area (Å²) in [7, 11) is -4.27. The van der Waals surface area contributed by atoms with Gasteiger partial charge in [-0.2, -0.15) is 0 Å². The molecule has 0 saturated carbocycles. The van der Waals surface area contributed by atoms with Gasteiger partial charge in [-0.15, -0.1) is 0 Å². The van der Waals surface area contributed by atoms with E-state index in [9.17, 15) is 19.0 Å². The molecule has 0 aromatic carbocycles. The molecule has 0 heterocycles. The molecule has 9 heteroatoms. The summed E-state index contributed by atoms with van der Waals surface area (Å²) in [6.45, 7) is 5.53. The molecule has 54 heavy (non-hydrogen) atoms. The van der Waals surface area contributed by atoms with E-state index in [1.54, 1.807) is 6.92 Å². The van der Waals surface area contributed by atoms with E-state index in [4.69, 9.17) is 18.5 Å². The topological polar surface area (TPSA) is 108 Å². The largest absolute Gasteiger partial charge is 0.472 e. The van der Waals surface area contributed by atoms with Crippen LogP contribution in [0.5, 0.6) is 0 Å². The Labute approximate surface area is 334 Å². The van der Waals surface area contributed by atoms with Crippen LogP contribution in [0, 0.1) is 0 Å². The van der Waals surface area contributed by atoms with Crippen LogP contribution in [-0.2, 0) is 32.7 Å². The molecule has 0 spiro atoms. The lowest BCUT2D eigenvalue weighted by Gasteiger charge is -2.19. The monoisotopic (exact) mass is 789 g/mol. The molecule has 0 aromatic heterocycles. The fraction of sp³-hybridized carbons (Fsp3) is 0.956. The normalized spacial score (nSPS) is 13.2. The number of esters is 2. The minimum atomic E-state index is -4.27. The van der Waals surface area contributed by atoms with Gasteiger partial charge in [-0.3, -0.25) is 18.6 Å². The molecule has 0 saturated heterocycles. The van der Waals surface area contributed by atoms with Crippen molar-refractivity contribution < 1.29 is 37.6 Å². The number of hydrogen-bond donors (Lipinski definition) is 1. The Morgan fingerprint density at radius 2 is 0.722 bits per heavy atom. The van der Waals surface area contributed by atoms with Crippen LogP contribution in [0.1, 0.15) is 252 Å². The maximum absolute atomic E-state index is 12.6. The van der Waals surface area contributed by atoms with Gasteiger partial charge in [0.15, 0.2) is 6.10 Å². The second-order valence-corrected chi connectivity index (χ2v) is 17.2. The summed E-state index contributed by atoms with van der Waals surface area (Å²) >= 11 is 0. The zero-order valence-electron chi connectivity index (χ0n) is 35.9. The molecule has 0 aliphatic rings. The van der Waals surface area contributed by atoms with Gasteiger partial charge in [0.25, 0.3) is 0 Å². The van der Waals surface area contributed by atoms with Crippen molar-refractivity contribution in [1.29, 1.82) is 0 Å². The molecule has 8 nitrogen and oxygen atoms in total. The average molecular weight is 789 g/mol. The van der Waals surface area contributed by atoms with Gasteiger partial charge >= 0.3 is 19.8 Å². The molecule has 0 fully saturated rings. The van der Waals surface area contributed by atoms with Crippen LogP contribution in [0.4, 0.5) is 0 Å². The van der Waals surface area contributed by atoms with Crippen LogP contribution in [0.2, 0.25) is 0 Å². The number of hydrogen-bond acceptors (Lipinski definition) is 7. The second-order valence-electron chi connectivity index (χ2n) is 15.8. The van der Waals surface area contributed by atoms with Gasteiger partial charge in [0.05, 0.1) is 13.2 Å². The Bertz CT molecular complexity index is 854. The smallest absolute Gasteiger partial charge is 0.462 e. The predicted octanol–water partition coefficient (Wildman–Crippen LogP) is 14.7. The summed E-state index contributed by atoms with van der Waals surface area (Å²) in [5, 5.41) is 0. The highest BCUT2D eigenvalue weighted by Crippen LogP contribution is 2.43. The highest BCUT2D eigenvalue weighted by molar-refractivity contribution is 7.47. The van der Waals surface area contributed by atoms with Crippen molar-refractivity contribution in [3.63, 3.8) is 0 Å². The molecule has 0 aliphatic heterocycles. The zero-order valence-corrected chi connectivity index (χ0v) is 36.8. The van der Waals surface area contributed by atoms with E-state index < -0.39 is 19.9 Å². The van der Waals surface area contributed by atoms with Crippen LogP contribution in [0.3, 0.4) is 0 Å². The van der Waals surface area contributed by atoms with Crippen LogP contribution >= 0.6 is 7.82 Å². The average Bonchev–Trinajstić information content (AvgIpc) is 3.15. The number of carbonyl (C=O) groups excluding carboxylic acids is 2. The minimum Gasteiger partial charge on any atom is -0.462 e. The van der Waals surface area contributed by atoms with Gasteiger partial charge in [-0.1, -0.05) is 219 Å². The quantitative estimate of drug-likeness (QED) is 0.0369. The van der Waals surface area contributed by atoms with Crippen molar-refractivity contribution in [2.45, 2.75) is 258 Å². The van der Waals surface area contributed by atoms with Crippen molar-refractivity contribution >= 4 is 19.8 Å². The third kappa shape index (κ3) is 40.7. The fourth-order valence-corrected chi connectivity index (χ4v) is 7.74. The van der Waals surface area contributed by atoms with Gasteiger partial charge < -0.3 is 14.4 Å². The summed E-state index contributed by atoms with van der Waals surface area (Å²) in [6, 6.07) is 0. The van der Waals surface area contributed by atoms with Gasteiger partial charge in [0.2, 0.25) is 0 Å². The van der Waals surface area contributed by atoms with E-state index in [0.29, 0.717) is 6.42 Å². The molecule has 0 amide bonds. The van der Waals surface area contributed by atoms with Crippen molar-refractivity contribution in [3.8, 4) is 0 Å². The number of ether oxygens (including phenoxy) is 2. The molecule has 0 aromatic rings. The number of phosphoric ester groups is 1. The standard InChI is InChI=1S/C45H89O8P/c1-4-7-9-11-13-15-17-19-21-22-23-24-25-26-28-30-32-34-36-38-40-45(47)53-43(42-52-54(48,49)51-6-3)41-50-44(46)39-37-35-33-31-29-27-20-18-16-14-12-10-8-5-2/h43H,4-42H2,1-3H3,(H,48,49). The lowest BCUT2D eigenvalue weighted by Crippen LogP contribution is -2.29. The molecule has 0 rings (SSSR count). The summed E-state index contributed by atoms with van der Waals surface area (Å²) in [5.41, 5.74) is 0. The lowest BCUT2D eigenvalue weighted by atomic mass is 10.0. The summed E-state index contributed by atoms with van der Waals surface area (Å²) in [6.07, 6.45) is 43.0. The SMILES string of the molecule is CCCCCCCCCCCCCCCCCCCCCCC(=O)OC(COC(=O)CCCCCCCCCCCCCCCC)COP(=O)(O)OCC. The highest BCUT2D eigenvalue weighted by Gasteiger charge is 2.25. The molecule has 2 unspecified atom stereocenters. The van der Waals surface area contributed by atoms with E-state index in [1.165, 1.54) is 180 Å². The van der Waals surface area contributed by atoms with Gasteiger partial charge in [0, 0.05) is 12.8 Å². The first-order valence-electron chi connectivity index (χ1n) is 23.3. The molecule has 322 valence electrons. The molecule has 1 N–H and O–H groups in total. The Kier molecular flexibility index (Phi) is 40.9. The Morgan fingerprint density at radius 1 is 0.426 bits per heavy atom. The van der Waals surface area contributed by atoms with Crippen LogP contribution < -0.4 is 0 Å². The molecular weight excluding hydrogens is 699 g/mol. The fourth-order valence-electron chi connectivity index (χ4n) is 6.99. The highest BCUT2D eigenvalue weighted by atomic mass is 31.2. The van der Waals surface area contributed by atoms with Gasteiger partial charge in [0.1, 0.15) is 6.61 Å². The molecule has 0 aliphatic carbocycles. The lowest BCUT2D eigenvalue weighted by molar-refractivity contribution is -0.161. The third-order valence-corrected chi connectivity index (χ3v) is 11.5. The van der Waals surface area contributed by atoms with Crippen molar-refractivity contribution in [1.82, 2.24) is 0 Å². The predicted molar refractivity (Wildman–Crippen MR) is 226 cm³/mol.